The fourth-order valence-corrected chi connectivity index (χ4v) is 2.97. The number of nitrogens with zero attached hydrogens (tertiary/aromatic N) is 3. The van der Waals surface area contributed by atoms with Gasteiger partial charge in [-0.2, -0.15) is 0 Å². The number of para-hydroxylation sites is 1. The summed E-state index contributed by atoms with van der Waals surface area (Å²) in [6.07, 6.45) is 1.51. The Hall–Kier alpha value is -3.29. The number of rotatable bonds is 5. The molecule has 1 saturated heterocycles. The summed E-state index contributed by atoms with van der Waals surface area (Å²) in [6.45, 7) is 4.39. The van der Waals surface area contributed by atoms with Crippen LogP contribution in [0.4, 0.5) is 16.2 Å². The zero-order valence-electron chi connectivity index (χ0n) is 16.1. The predicted octanol–water partition coefficient (Wildman–Crippen LogP) is 1.95. The number of anilines is 2. The van der Waals surface area contributed by atoms with Gasteiger partial charge in [0.2, 0.25) is 11.8 Å². The summed E-state index contributed by atoms with van der Waals surface area (Å²) in [5.74, 6) is 0.164. The van der Waals surface area contributed by atoms with E-state index in [4.69, 9.17) is 4.74 Å². The average Bonchev–Trinajstić information content (AvgIpc) is 2.75. The molecule has 2 N–H and O–H groups in total. The first-order valence-corrected chi connectivity index (χ1v) is 9.23. The maximum Gasteiger partial charge on any atom is 0.318 e. The molecule has 1 atom stereocenters. The number of aromatic nitrogens is 1. The maximum atomic E-state index is 12.5. The van der Waals surface area contributed by atoms with Gasteiger partial charge in [0.05, 0.1) is 19.0 Å². The van der Waals surface area contributed by atoms with Crippen molar-refractivity contribution < 1.29 is 14.3 Å². The highest BCUT2D eigenvalue weighted by Gasteiger charge is 2.24. The van der Waals surface area contributed by atoms with Gasteiger partial charge in [0.1, 0.15) is 6.04 Å². The van der Waals surface area contributed by atoms with Crippen LogP contribution in [0.15, 0.2) is 48.7 Å². The monoisotopic (exact) mass is 383 g/mol. The zero-order valence-corrected chi connectivity index (χ0v) is 16.1. The highest BCUT2D eigenvalue weighted by molar-refractivity contribution is 5.96. The maximum absolute atomic E-state index is 12.5. The number of amides is 3. The molecule has 1 aromatic carbocycles. The number of piperazine rings is 1. The van der Waals surface area contributed by atoms with Crippen LogP contribution in [-0.4, -0.2) is 61.2 Å². The summed E-state index contributed by atoms with van der Waals surface area (Å²) in [6, 6.07) is 12.6. The van der Waals surface area contributed by atoms with Crippen molar-refractivity contribution >= 4 is 23.3 Å². The molecule has 3 rings (SSSR count). The largest absolute Gasteiger partial charge is 0.481 e. The van der Waals surface area contributed by atoms with E-state index in [2.05, 4.69) is 32.7 Å². The van der Waals surface area contributed by atoms with E-state index in [0.29, 0.717) is 24.7 Å². The highest BCUT2D eigenvalue weighted by atomic mass is 16.5. The van der Waals surface area contributed by atoms with E-state index in [1.807, 2.05) is 18.2 Å². The molecule has 1 aliphatic heterocycles. The number of carbonyl (C=O) groups is 2. The Bertz CT molecular complexity index is 789. The van der Waals surface area contributed by atoms with Crippen molar-refractivity contribution in [2.24, 2.45) is 0 Å². The average molecular weight is 383 g/mol. The lowest BCUT2D eigenvalue weighted by Crippen LogP contribution is -2.54. The molecule has 1 unspecified atom stereocenters. The van der Waals surface area contributed by atoms with E-state index in [9.17, 15) is 9.59 Å². The van der Waals surface area contributed by atoms with Gasteiger partial charge in [-0.3, -0.25) is 4.79 Å². The lowest BCUT2D eigenvalue weighted by Gasteiger charge is -2.36. The summed E-state index contributed by atoms with van der Waals surface area (Å²) < 4.78 is 4.99. The first-order chi connectivity index (χ1) is 13.6. The molecule has 0 saturated carbocycles. The molecule has 8 nitrogen and oxygen atoms in total. The molecular formula is C20H25N5O3. The Morgan fingerprint density at radius 2 is 1.79 bits per heavy atom. The van der Waals surface area contributed by atoms with Crippen LogP contribution in [0, 0.1) is 0 Å². The third-order valence-corrected chi connectivity index (χ3v) is 4.63. The Balaban J connectivity index is 1.46. The molecule has 0 aliphatic carbocycles. The highest BCUT2D eigenvalue weighted by Crippen LogP contribution is 2.15. The van der Waals surface area contributed by atoms with Crippen LogP contribution in [0.2, 0.25) is 0 Å². The number of ether oxygens (including phenoxy) is 1. The smallest absolute Gasteiger partial charge is 0.318 e. The van der Waals surface area contributed by atoms with E-state index in [1.165, 1.54) is 13.3 Å². The van der Waals surface area contributed by atoms with E-state index in [-0.39, 0.29) is 11.9 Å². The van der Waals surface area contributed by atoms with Gasteiger partial charge in [0, 0.05) is 37.9 Å². The molecule has 28 heavy (non-hydrogen) atoms. The van der Waals surface area contributed by atoms with Gasteiger partial charge < -0.3 is 25.2 Å². The molecule has 1 fully saturated rings. The summed E-state index contributed by atoms with van der Waals surface area (Å²) in [5, 5.41) is 5.49. The standard InChI is InChI=1S/C20H25N5O3/c1-15(19(26)23-16-8-9-18(28-2)21-14-16)22-20(27)25-12-10-24(11-13-25)17-6-4-3-5-7-17/h3-9,14-15H,10-13H2,1-2H3,(H,22,27)(H,23,26). The first kappa shape index (κ1) is 19.5. The van der Waals surface area contributed by atoms with E-state index >= 15 is 0 Å². The number of pyridine rings is 1. The number of hydrogen-bond donors (Lipinski definition) is 2. The van der Waals surface area contributed by atoms with Gasteiger partial charge in [0.25, 0.3) is 0 Å². The molecule has 2 heterocycles. The van der Waals surface area contributed by atoms with Gasteiger partial charge in [-0.05, 0) is 25.1 Å². The Kier molecular flexibility index (Phi) is 6.31. The number of carbonyl (C=O) groups excluding carboxylic acids is 2. The third-order valence-electron chi connectivity index (χ3n) is 4.63. The van der Waals surface area contributed by atoms with Crippen LogP contribution in [-0.2, 0) is 4.79 Å². The predicted molar refractivity (Wildman–Crippen MR) is 108 cm³/mol. The van der Waals surface area contributed by atoms with Crippen LogP contribution >= 0.6 is 0 Å². The second-order valence-corrected chi connectivity index (χ2v) is 6.56. The zero-order chi connectivity index (χ0) is 19.9. The molecular weight excluding hydrogens is 358 g/mol. The first-order valence-electron chi connectivity index (χ1n) is 9.23. The number of hydrogen-bond acceptors (Lipinski definition) is 5. The van der Waals surface area contributed by atoms with Crippen LogP contribution < -0.4 is 20.3 Å². The number of methoxy groups -OCH3 is 1. The van der Waals surface area contributed by atoms with Crippen LogP contribution in [0.25, 0.3) is 0 Å². The van der Waals surface area contributed by atoms with E-state index in [0.717, 1.165) is 18.8 Å². The molecule has 8 heteroatoms. The summed E-state index contributed by atoms with van der Waals surface area (Å²) in [4.78, 5) is 32.8. The molecule has 148 valence electrons. The molecule has 2 aromatic rings. The topological polar surface area (TPSA) is 86.8 Å². The Labute approximate surface area is 164 Å². The second kappa shape index (κ2) is 9.07. The van der Waals surface area contributed by atoms with Gasteiger partial charge in [-0.1, -0.05) is 18.2 Å². The minimum absolute atomic E-state index is 0.233. The minimum atomic E-state index is -0.665. The molecule has 3 amide bonds. The number of urea groups is 1. The van der Waals surface area contributed by atoms with Crippen molar-refractivity contribution in [3.63, 3.8) is 0 Å². The lowest BCUT2D eigenvalue weighted by molar-refractivity contribution is -0.117. The van der Waals surface area contributed by atoms with Crippen molar-refractivity contribution in [2.45, 2.75) is 13.0 Å². The van der Waals surface area contributed by atoms with Crippen LogP contribution in [0.3, 0.4) is 0 Å². The summed E-state index contributed by atoms with van der Waals surface area (Å²) in [7, 11) is 1.53. The van der Waals surface area contributed by atoms with Crippen LogP contribution in [0.5, 0.6) is 5.88 Å². The molecule has 1 aliphatic rings. The number of benzene rings is 1. The van der Waals surface area contributed by atoms with Crippen LogP contribution in [0.1, 0.15) is 6.92 Å². The van der Waals surface area contributed by atoms with Gasteiger partial charge >= 0.3 is 6.03 Å². The fourth-order valence-electron chi connectivity index (χ4n) is 2.97. The van der Waals surface area contributed by atoms with Crippen molar-refractivity contribution in [1.29, 1.82) is 0 Å². The van der Waals surface area contributed by atoms with Crippen molar-refractivity contribution in [1.82, 2.24) is 15.2 Å². The van der Waals surface area contributed by atoms with Gasteiger partial charge in [-0.15, -0.1) is 0 Å². The molecule has 0 radical (unpaired) electrons. The fraction of sp³-hybridized carbons (Fsp3) is 0.350. The Morgan fingerprint density at radius 3 is 2.39 bits per heavy atom. The van der Waals surface area contributed by atoms with Crippen molar-refractivity contribution in [2.75, 3.05) is 43.5 Å². The number of nitrogens with one attached hydrogen (secondary N) is 2. The van der Waals surface area contributed by atoms with Gasteiger partial charge in [-0.25, -0.2) is 9.78 Å². The molecule has 1 aromatic heterocycles. The van der Waals surface area contributed by atoms with E-state index in [1.54, 1.807) is 24.0 Å². The minimum Gasteiger partial charge on any atom is -0.481 e. The second-order valence-electron chi connectivity index (χ2n) is 6.56. The Morgan fingerprint density at radius 1 is 1.07 bits per heavy atom. The van der Waals surface area contributed by atoms with Crippen molar-refractivity contribution in [3.8, 4) is 5.88 Å². The quantitative estimate of drug-likeness (QED) is 0.824. The SMILES string of the molecule is COc1ccc(NC(=O)C(C)NC(=O)N2CCN(c3ccccc3)CC2)cn1. The third kappa shape index (κ3) is 4.91. The van der Waals surface area contributed by atoms with Gasteiger partial charge in [0.15, 0.2) is 0 Å². The molecule has 0 spiro atoms. The summed E-state index contributed by atoms with van der Waals surface area (Å²) in [5.41, 5.74) is 1.70. The normalized spacial score (nSPS) is 14.9. The molecule has 0 bridgehead atoms. The lowest BCUT2D eigenvalue weighted by atomic mass is 10.2. The summed E-state index contributed by atoms with van der Waals surface area (Å²) >= 11 is 0. The van der Waals surface area contributed by atoms with E-state index < -0.39 is 6.04 Å². The van der Waals surface area contributed by atoms with Crippen molar-refractivity contribution in [3.05, 3.63) is 48.7 Å².